The van der Waals surface area contributed by atoms with Crippen molar-refractivity contribution in [3.8, 4) is 0 Å². The third kappa shape index (κ3) is 7.00. The van der Waals surface area contributed by atoms with Gasteiger partial charge in [0.25, 0.3) is 0 Å². The van der Waals surface area contributed by atoms with Gasteiger partial charge in [0.2, 0.25) is 5.91 Å². The van der Waals surface area contributed by atoms with Crippen LogP contribution in [0.5, 0.6) is 0 Å². The lowest BCUT2D eigenvalue weighted by atomic mass is 9.76. The van der Waals surface area contributed by atoms with Crippen LogP contribution < -0.4 is 20.9 Å². The molecule has 0 radical (unpaired) electrons. The number of nitrogens with one attached hydrogen (secondary N) is 4. The zero-order chi connectivity index (χ0) is 29.4. The van der Waals surface area contributed by atoms with Gasteiger partial charge in [-0.3, -0.25) is 4.79 Å². The van der Waals surface area contributed by atoms with Gasteiger partial charge >= 0.3 is 0 Å². The Morgan fingerprint density at radius 1 is 1.07 bits per heavy atom. The summed E-state index contributed by atoms with van der Waals surface area (Å²) in [6.07, 6.45) is 8.72. The van der Waals surface area contributed by atoms with Gasteiger partial charge in [-0.2, -0.15) is 0 Å². The van der Waals surface area contributed by atoms with Crippen molar-refractivity contribution in [2.45, 2.75) is 71.1 Å². The molecule has 1 amide bonds. The Morgan fingerprint density at radius 3 is 2.44 bits per heavy atom. The van der Waals surface area contributed by atoms with Gasteiger partial charge in [-0.15, -0.1) is 0 Å². The summed E-state index contributed by atoms with van der Waals surface area (Å²) in [6.45, 7) is 8.32. The number of anilines is 2. The third-order valence-corrected chi connectivity index (χ3v) is 9.42. The fourth-order valence-electron chi connectivity index (χ4n) is 6.95. The molecule has 2 fully saturated rings. The summed E-state index contributed by atoms with van der Waals surface area (Å²) in [6, 6.07) is 13.5. The van der Waals surface area contributed by atoms with Crippen LogP contribution in [-0.2, 0) is 22.4 Å². The molecule has 2 aromatic carbocycles. The molecule has 0 bridgehead atoms. The second kappa shape index (κ2) is 14.1. The van der Waals surface area contributed by atoms with Crippen LogP contribution in [0.1, 0.15) is 80.5 Å². The lowest BCUT2D eigenvalue weighted by Gasteiger charge is -2.34. The maximum atomic E-state index is 11.7. The highest BCUT2D eigenvalue weighted by molar-refractivity contribution is 6.10. The smallest absolute Gasteiger partial charge is 0.219 e. The van der Waals surface area contributed by atoms with Crippen molar-refractivity contribution in [2.75, 3.05) is 50.5 Å². The maximum Gasteiger partial charge on any atom is 0.219 e. The van der Waals surface area contributed by atoms with Crippen LogP contribution in [0, 0.1) is 16.7 Å². The zero-order valence-electron chi connectivity index (χ0n) is 25.4. The number of fused-ring (bicyclic) bond motifs is 1. The van der Waals surface area contributed by atoms with Gasteiger partial charge in [0, 0.05) is 50.5 Å². The summed E-state index contributed by atoms with van der Waals surface area (Å²) < 4.78 is 0. The normalized spacial score (nSPS) is 18.6. The highest BCUT2D eigenvalue weighted by Crippen LogP contribution is 2.44. The molecular weight excluding hydrogens is 510 g/mol. The van der Waals surface area contributed by atoms with Crippen LogP contribution in [0.2, 0.25) is 0 Å². The van der Waals surface area contributed by atoms with E-state index in [-0.39, 0.29) is 18.0 Å². The maximum absolute atomic E-state index is 11.7. The van der Waals surface area contributed by atoms with Crippen LogP contribution in [0.4, 0.5) is 11.4 Å². The Bertz CT molecular complexity index is 1210. The zero-order valence-corrected chi connectivity index (χ0v) is 25.4. The van der Waals surface area contributed by atoms with Gasteiger partial charge in [0.05, 0.1) is 11.6 Å². The first-order valence-corrected chi connectivity index (χ1v) is 15.6. The average Bonchev–Trinajstić information content (AvgIpc) is 3.38. The molecular formula is C34H49N5O2. The fourth-order valence-corrected chi connectivity index (χ4v) is 6.95. The van der Waals surface area contributed by atoms with Crippen molar-refractivity contribution < 1.29 is 9.59 Å². The molecule has 41 heavy (non-hydrogen) atoms. The van der Waals surface area contributed by atoms with Gasteiger partial charge in [-0.25, -0.2) is 0 Å². The quantitative estimate of drug-likeness (QED) is 0.246. The van der Waals surface area contributed by atoms with Gasteiger partial charge in [0.1, 0.15) is 6.29 Å². The SMILES string of the molecule is CC.CNC(=O)CCC(C=O)C(=N)c1ccc(N2CCC(c3ccc4c(c3)CC3(CCNCC3)C4)CC2)cc1NC. The number of piperidine rings is 2. The lowest BCUT2D eigenvalue weighted by Crippen LogP contribution is -2.37. The molecule has 2 aliphatic heterocycles. The first-order valence-electron chi connectivity index (χ1n) is 15.6. The molecule has 7 nitrogen and oxygen atoms in total. The van der Waals surface area contributed by atoms with E-state index >= 15 is 0 Å². The topological polar surface area (TPSA) is 97.3 Å². The molecule has 222 valence electrons. The van der Waals surface area contributed by atoms with Crippen LogP contribution >= 0.6 is 0 Å². The largest absolute Gasteiger partial charge is 0.388 e. The molecule has 1 atom stereocenters. The molecule has 7 heteroatoms. The second-order valence-corrected chi connectivity index (χ2v) is 11.7. The Balaban J connectivity index is 0.00000189. The van der Waals surface area contributed by atoms with Crippen molar-refractivity contribution >= 4 is 29.3 Å². The molecule has 2 heterocycles. The molecule has 0 saturated carbocycles. The first kappa shape index (κ1) is 30.8. The van der Waals surface area contributed by atoms with Crippen molar-refractivity contribution in [1.29, 1.82) is 5.41 Å². The molecule has 2 saturated heterocycles. The summed E-state index contributed by atoms with van der Waals surface area (Å²) in [7, 11) is 3.43. The highest BCUT2D eigenvalue weighted by atomic mass is 16.1. The molecule has 0 aromatic heterocycles. The summed E-state index contributed by atoms with van der Waals surface area (Å²) in [4.78, 5) is 25.8. The van der Waals surface area contributed by atoms with Gasteiger partial charge in [-0.1, -0.05) is 32.0 Å². The number of hydrogen-bond acceptors (Lipinski definition) is 6. The lowest BCUT2D eigenvalue weighted by molar-refractivity contribution is -0.120. The van der Waals surface area contributed by atoms with Crippen LogP contribution in [0.25, 0.3) is 0 Å². The summed E-state index contributed by atoms with van der Waals surface area (Å²) in [5, 5.41) is 18.0. The fraction of sp³-hybridized carbons (Fsp3) is 0.559. The van der Waals surface area contributed by atoms with Crippen molar-refractivity contribution in [3.63, 3.8) is 0 Å². The van der Waals surface area contributed by atoms with E-state index in [0.717, 1.165) is 62.2 Å². The molecule has 3 aliphatic rings. The third-order valence-electron chi connectivity index (χ3n) is 9.42. The monoisotopic (exact) mass is 559 g/mol. The summed E-state index contributed by atoms with van der Waals surface area (Å²) >= 11 is 0. The average molecular weight is 560 g/mol. The van der Waals surface area contributed by atoms with E-state index in [9.17, 15) is 9.59 Å². The number of carbonyl (C=O) groups is 2. The van der Waals surface area contributed by atoms with Crippen LogP contribution in [0.3, 0.4) is 0 Å². The van der Waals surface area contributed by atoms with E-state index < -0.39 is 5.92 Å². The summed E-state index contributed by atoms with van der Waals surface area (Å²) in [5.41, 5.74) is 8.14. The molecule has 1 aliphatic carbocycles. The number of amides is 1. The Kier molecular flexibility index (Phi) is 10.6. The number of hydrogen-bond donors (Lipinski definition) is 4. The second-order valence-electron chi connectivity index (χ2n) is 11.7. The molecule has 1 spiro atoms. The minimum atomic E-state index is -0.604. The minimum Gasteiger partial charge on any atom is -0.388 e. The predicted octanol–water partition coefficient (Wildman–Crippen LogP) is 5.32. The van der Waals surface area contributed by atoms with Crippen molar-refractivity contribution in [2.24, 2.45) is 11.3 Å². The van der Waals surface area contributed by atoms with Gasteiger partial charge < -0.3 is 31.1 Å². The number of benzene rings is 2. The minimum absolute atomic E-state index is 0.118. The van der Waals surface area contributed by atoms with E-state index in [0.29, 0.717) is 17.8 Å². The number of carbonyl (C=O) groups excluding carboxylic acids is 2. The first-order chi connectivity index (χ1) is 19.9. The van der Waals surface area contributed by atoms with E-state index in [1.54, 1.807) is 18.2 Å². The highest BCUT2D eigenvalue weighted by Gasteiger charge is 2.38. The Morgan fingerprint density at radius 2 is 1.78 bits per heavy atom. The van der Waals surface area contributed by atoms with Gasteiger partial charge in [-0.05, 0) is 104 Å². The summed E-state index contributed by atoms with van der Waals surface area (Å²) in [5.74, 6) is -0.123. The van der Waals surface area contributed by atoms with Crippen molar-refractivity contribution in [1.82, 2.24) is 10.6 Å². The van der Waals surface area contributed by atoms with E-state index in [1.807, 2.05) is 27.0 Å². The predicted molar refractivity (Wildman–Crippen MR) is 170 cm³/mol. The number of aldehydes is 1. The van der Waals surface area contributed by atoms with Crippen LogP contribution in [-0.4, -0.2) is 58.2 Å². The number of nitrogens with zero attached hydrogens (tertiary/aromatic N) is 1. The number of rotatable bonds is 9. The standard InChI is InChI=1S/C32H43N5O2.C2H6/c1-34-29-18-27(6-7-28(29)31(33)25(21-38)5-8-30(39)35-2)37-15-9-22(10-16-37)23-3-4-24-19-32(20-26(24)17-23)11-13-36-14-12-32;1-2/h3-4,6-7,17-18,21-22,25,33-34,36H,5,8-16,19-20H2,1-2H3,(H,35,39);1-2H3. The van der Waals surface area contributed by atoms with E-state index in [2.05, 4.69) is 51.2 Å². The van der Waals surface area contributed by atoms with Crippen molar-refractivity contribution in [3.05, 3.63) is 58.7 Å². The molecule has 4 N–H and O–H groups in total. The molecule has 5 rings (SSSR count). The van der Waals surface area contributed by atoms with E-state index in [1.165, 1.54) is 31.2 Å². The van der Waals surface area contributed by atoms with Crippen LogP contribution in [0.15, 0.2) is 36.4 Å². The Labute approximate surface area is 246 Å². The molecule has 2 aromatic rings. The molecule has 1 unspecified atom stereocenters. The van der Waals surface area contributed by atoms with E-state index in [4.69, 9.17) is 5.41 Å². The Hall–Kier alpha value is -3.19. The van der Waals surface area contributed by atoms with Gasteiger partial charge in [0.15, 0.2) is 0 Å².